The van der Waals surface area contributed by atoms with Crippen molar-refractivity contribution in [3.63, 3.8) is 0 Å². The van der Waals surface area contributed by atoms with Gasteiger partial charge in [0.15, 0.2) is 0 Å². The van der Waals surface area contributed by atoms with E-state index in [1.54, 1.807) is 44.2 Å². The van der Waals surface area contributed by atoms with Crippen LogP contribution < -0.4 is 9.47 Å². The Kier molecular flexibility index (Phi) is 16.2. The molecule has 8 heteroatoms. The number of allylic oxidation sites excluding steroid dienone is 5. The smallest absolute Gasteiger partial charge is 0.474 e. The highest BCUT2D eigenvalue weighted by Gasteiger charge is 2.24. The fraction of sp³-hybridized carbons (Fsp3) is 0.441. The number of carbonyl (C=O) groups excluding carboxylic acids is 1. The molecule has 0 radical (unpaired) electrons. The highest BCUT2D eigenvalue weighted by Crippen LogP contribution is 2.49. The molecule has 0 bridgehead atoms. The molecule has 0 saturated heterocycles. The third kappa shape index (κ3) is 13.8. The summed E-state index contributed by atoms with van der Waals surface area (Å²) in [4.78, 5) is 12.9. The van der Waals surface area contributed by atoms with Gasteiger partial charge in [-0.05, 0) is 110 Å². The fourth-order valence-corrected chi connectivity index (χ4v) is 5.13. The van der Waals surface area contributed by atoms with Crippen molar-refractivity contribution in [2.75, 3.05) is 26.4 Å². The highest BCUT2D eigenvalue weighted by atomic mass is 31.2. The lowest BCUT2D eigenvalue weighted by atomic mass is 10.1. The number of rotatable bonds is 19. The third-order valence-electron chi connectivity index (χ3n) is 6.25. The number of phosphoric ester groups is 1. The Labute approximate surface area is 252 Å². The zero-order valence-electron chi connectivity index (χ0n) is 26.0. The number of esters is 1. The Morgan fingerprint density at radius 1 is 0.786 bits per heavy atom. The normalized spacial score (nSPS) is 12.2. The average Bonchev–Trinajstić information content (AvgIpc) is 2.94. The van der Waals surface area contributed by atoms with Gasteiger partial charge in [0.1, 0.15) is 23.7 Å². The Bertz CT molecular complexity index is 1230. The zero-order valence-corrected chi connectivity index (χ0v) is 26.9. The van der Waals surface area contributed by atoms with Crippen molar-refractivity contribution >= 4 is 13.8 Å². The molecule has 0 aliphatic rings. The van der Waals surface area contributed by atoms with E-state index in [2.05, 4.69) is 45.9 Å². The molecular weight excluding hydrogens is 551 g/mol. The molecule has 2 rings (SSSR count). The molecular formula is C34H47O7P. The van der Waals surface area contributed by atoms with Crippen LogP contribution in [0.1, 0.15) is 83.1 Å². The lowest BCUT2D eigenvalue weighted by molar-refractivity contribution is 0.0730. The summed E-state index contributed by atoms with van der Waals surface area (Å²) >= 11 is 0. The first kappa shape index (κ1) is 35.2. The molecule has 42 heavy (non-hydrogen) atoms. The number of hydrogen-bond donors (Lipinski definition) is 0. The molecule has 0 aliphatic carbocycles. The topological polar surface area (TPSA) is 80.3 Å². The standard InChI is InChI=1S/C34H47O7P/c1-7-38-42(36,39-8-2)40-26-24-30-19-21-31(22-20-30)41-34(35)32-17-9-10-18-33(32)37-25-23-29(6)16-12-15-28(5)14-11-13-27(3)4/h9-10,13,15,17-23H,7-8,11-12,14,16,24-26H2,1-6H3/b28-15+,29-23+. The fourth-order valence-electron chi connectivity index (χ4n) is 3.96. The van der Waals surface area contributed by atoms with Crippen LogP contribution in [0.3, 0.4) is 0 Å². The van der Waals surface area contributed by atoms with Crippen molar-refractivity contribution < 1.29 is 32.4 Å². The van der Waals surface area contributed by atoms with Gasteiger partial charge in [0.2, 0.25) is 0 Å². The number of ether oxygens (including phenoxy) is 2. The van der Waals surface area contributed by atoms with Gasteiger partial charge in [-0.15, -0.1) is 0 Å². The Hall–Kier alpha value is -2.96. The number of carbonyl (C=O) groups is 1. The monoisotopic (exact) mass is 598 g/mol. The maximum Gasteiger partial charge on any atom is 0.474 e. The summed E-state index contributed by atoms with van der Waals surface area (Å²) in [6.45, 7) is 13.0. The van der Waals surface area contributed by atoms with Gasteiger partial charge in [-0.25, -0.2) is 9.36 Å². The van der Waals surface area contributed by atoms with E-state index in [-0.39, 0.29) is 19.8 Å². The number of para-hydroxylation sites is 1. The molecule has 0 unspecified atom stereocenters. The van der Waals surface area contributed by atoms with Gasteiger partial charge in [-0.1, -0.05) is 53.1 Å². The largest absolute Gasteiger partial charge is 0.489 e. The molecule has 7 nitrogen and oxygen atoms in total. The maximum atomic E-state index is 12.9. The van der Waals surface area contributed by atoms with Crippen LogP contribution in [0.5, 0.6) is 11.5 Å². The second-order valence-corrected chi connectivity index (χ2v) is 11.8. The van der Waals surface area contributed by atoms with Crippen molar-refractivity contribution in [1.82, 2.24) is 0 Å². The molecule has 0 saturated carbocycles. The van der Waals surface area contributed by atoms with Crippen LogP contribution in [-0.4, -0.2) is 32.4 Å². The quantitative estimate of drug-likeness (QED) is 0.0689. The number of benzene rings is 2. The molecule has 0 spiro atoms. The molecule has 0 aromatic heterocycles. The van der Waals surface area contributed by atoms with Crippen LogP contribution in [-0.2, 0) is 24.6 Å². The van der Waals surface area contributed by atoms with Crippen LogP contribution in [0.25, 0.3) is 0 Å². The second-order valence-electron chi connectivity index (χ2n) is 10.2. The van der Waals surface area contributed by atoms with Crippen LogP contribution >= 0.6 is 7.82 Å². The minimum atomic E-state index is -3.54. The molecule has 0 heterocycles. The summed E-state index contributed by atoms with van der Waals surface area (Å²) in [5.74, 6) is 0.391. The van der Waals surface area contributed by atoms with E-state index >= 15 is 0 Å². The summed E-state index contributed by atoms with van der Waals surface area (Å²) in [6, 6.07) is 14.2. The van der Waals surface area contributed by atoms with Gasteiger partial charge < -0.3 is 9.47 Å². The zero-order chi connectivity index (χ0) is 30.8. The molecule has 0 aliphatic heterocycles. The van der Waals surface area contributed by atoms with Gasteiger partial charge in [-0.2, -0.15) is 0 Å². The van der Waals surface area contributed by atoms with E-state index in [1.807, 2.05) is 18.2 Å². The number of phosphoric acid groups is 1. The van der Waals surface area contributed by atoms with E-state index in [9.17, 15) is 9.36 Å². The van der Waals surface area contributed by atoms with Crippen molar-refractivity contribution in [1.29, 1.82) is 0 Å². The molecule has 0 fully saturated rings. The van der Waals surface area contributed by atoms with E-state index in [4.69, 9.17) is 23.0 Å². The summed E-state index contributed by atoms with van der Waals surface area (Å²) in [6.07, 6.45) is 11.3. The highest BCUT2D eigenvalue weighted by molar-refractivity contribution is 7.48. The SMILES string of the molecule is CCOP(=O)(OCC)OCCc1ccc(OC(=O)c2ccccc2OC/C=C(\C)CC/C=C(\C)CCC=C(C)C)cc1. The summed E-state index contributed by atoms with van der Waals surface area (Å²) in [5, 5.41) is 0. The predicted octanol–water partition coefficient (Wildman–Crippen LogP) is 9.44. The van der Waals surface area contributed by atoms with E-state index in [1.165, 1.54) is 16.7 Å². The predicted molar refractivity (Wildman–Crippen MR) is 169 cm³/mol. The summed E-state index contributed by atoms with van der Waals surface area (Å²) < 4.78 is 39.6. The van der Waals surface area contributed by atoms with Gasteiger partial charge >= 0.3 is 13.8 Å². The first-order valence-corrected chi connectivity index (χ1v) is 16.1. The molecule has 2 aromatic rings. The van der Waals surface area contributed by atoms with E-state index in [0.717, 1.165) is 31.2 Å². The van der Waals surface area contributed by atoms with Crippen LogP contribution in [0.15, 0.2) is 83.5 Å². The Balaban J connectivity index is 1.86. The maximum absolute atomic E-state index is 12.9. The second kappa shape index (κ2) is 19.3. The van der Waals surface area contributed by atoms with Gasteiger partial charge in [0.25, 0.3) is 0 Å². The van der Waals surface area contributed by atoms with Crippen LogP contribution in [0.4, 0.5) is 0 Å². The molecule has 230 valence electrons. The van der Waals surface area contributed by atoms with E-state index in [0.29, 0.717) is 30.1 Å². The van der Waals surface area contributed by atoms with Gasteiger partial charge in [0.05, 0.1) is 19.8 Å². The Morgan fingerprint density at radius 3 is 2.05 bits per heavy atom. The summed E-state index contributed by atoms with van der Waals surface area (Å²) in [7, 11) is -3.54. The van der Waals surface area contributed by atoms with Crippen LogP contribution in [0, 0.1) is 0 Å². The molecule has 2 aromatic carbocycles. The van der Waals surface area contributed by atoms with E-state index < -0.39 is 13.8 Å². The molecule has 0 atom stereocenters. The molecule has 0 amide bonds. The minimum Gasteiger partial charge on any atom is -0.489 e. The summed E-state index contributed by atoms with van der Waals surface area (Å²) in [5.41, 5.74) is 5.31. The van der Waals surface area contributed by atoms with Crippen molar-refractivity contribution in [3.8, 4) is 11.5 Å². The van der Waals surface area contributed by atoms with Crippen molar-refractivity contribution in [3.05, 3.63) is 94.6 Å². The Morgan fingerprint density at radius 2 is 1.40 bits per heavy atom. The first-order valence-electron chi connectivity index (χ1n) is 14.7. The van der Waals surface area contributed by atoms with Crippen LogP contribution in [0.2, 0.25) is 0 Å². The lowest BCUT2D eigenvalue weighted by Gasteiger charge is -2.16. The van der Waals surface area contributed by atoms with Gasteiger partial charge in [0, 0.05) is 0 Å². The van der Waals surface area contributed by atoms with Crippen molar-refractivity contribution in [2.24, 2.45) is 0 Å². The first-order chi connectivity index (χ1) is 20.2. The van der Waals surface area contributed by atoms with Gasteiger partial charge in [-0.3, -0.25) is 13.6 Å². The average molecular weight is 599 g/mol. The third-order valence-corrected chi connectivity index (χ3v) is 7.90. The van der Waals surface area contributed by atoms with Crippen molar-refractivity contribution in [2.45, 2.75) is 73.6 Å². The number of hydrogen-bond acceptors (Lipinski definition) is 7. The minimum absolute atomic E-state index is 0.169. The lowest BCUT2D eigenvalue weighted by Crippen LogP contribution is -2.11. The molecule has 0 N–H and O–H groups in total.